The van der Waals surface area contributed by atoms with Crippen molar-refractivity contribution in [2.75, 3.05) is 13.1 Å². The highest BCUT2D eigenvalue weighted by atomic mass is 35.5. The van der Waals surface area contributed by atoms with Crippen molar-refractivity contribution in [3.05, 3.63) is 64.7 Å². The molecular weight excluding hydrogens is 380 g/mol. The molecule has 27 heavy (non-hydrogen) atoms. The molecule has 0 bridgehead atoms. The molecule has 1 aliphatic heterocycles. The smallest absolute Gasteiger partial charge is 0.387 e. The van der Waals surface area contributed by atoms with Gasteiger partial charge in [0.15, 0.2) is 0 Å². The van der Waals surface area contributed by atoms with Crippen LogP contribution in [0.5, 0.6) is 5.75 Å². The van der Waals surface area contributed by atoms with Crippen LogP contribution in [0.25, 0.3) is 0 Å². The van der Waals surface area contributed by atoms with Gasteiger partial charge in [-0.2, -0.15) is 8.78 Å². The number of carboxylic acids is 1. The van der Waals surface area contributed by atoms with Crippen molar-refractivity contribution in [3.8, 4) is 5.75 Å². The standard InChI is InChI=1S/C19H16ClF2NO4/c20-12-6-7-16(27-19(21)22)13(8-12)17(24)23-9-14(15(10-23)18(25)26)11-4-2-1-3-5-11/h1-8,14-15,19H,9-10H2,(H,25,26)/t14-,15+/m0/s1. The van der Waals surface area contributed by atoms with Crippen molar-refractivity contribution in [2.24, 2.45) is 5.92 Å². The van der Waals surface area contributed by atoms with Crippen LogP contribution in [0.2, 0.25) is 5.02 Å². The summed E-state index contributed by atoms with van der Waals surface area (Å²) in [6, 6.07) is 12.8. The van der Waals surface area contributed by atoms with E-state index in [4.69, 9.17) is 11.6 Å². The molecule has 1 fully saturated rings. The lowest BCUT2D eigenvalue weighted by Gasteiger charge is -2.19. The van der Waals surface area contributed by atoms with E-state index < -0.39 is 30.3 Å². The molecule has 0 saturated carbocycles. The Hall–Kier alpha value is -2.67. The Labute approximate surface area is 159 Å². The number of likely N-dealkylation sites (tertiary alicyclic amines) is 1. The monoisotopic (exact) mass is 395 g/mol. The number of carboxylic acid groups (broad SMARTS) is 1. The highest BCUT2D eigenvalue weighted by Gasteiger charge is 2.41. The van der Waals surface area contributed by atoms with Gasteiger partial charge in [-0.25, -0.2) is 0 Å². The molecular formula is C19H16ClF2NO4. The molecule has 5 nitrogen and oxygen atoms in total. The van der Waals surface area contributed by atoms with Crippen LogP contribution in [-0.2, 0) is 4.79 Å². The van der Waals surface area contributed by atoms with Crippen LogP contribution in [0.15, 0.2) is 48.5 Å². The van der Waals surface area contributed by atoms with Gasteiger partial charge in [-0.05, 0) is 23.8 Å². The second kappa shape index (κ2) is 7.92. The Morgan fingerprint density at radius 2 is 1.85 bits per heavy atom. The van der Waals surface area contributed by atoms with E-state index in [9.17, 15) is 23.5 Å². The van der Waals surface area contributed by atoms with Gasteiger partial charge in [-0.3, -0.25) is 9.59 Å². The predicted octanol–water partition coefficient (Wildman–Crippen LogP) is 3.88. The number of nitrogens with zero attached hydrogens (tertiary/aromatic N) is 1. The van der Waals surface area contributed by atoms with Crippen LogP contribution in [0.3, 0.4) is 0 Å². The van der Waals surface area contributed by atoms with Gasteiger partial charge >= 0.3 is 12.6 Å². The van der Waals surface area contributed by atoms with E-state index in [0.29, 0.717) is 0 Å². The van der Waals surface area contributed by atoms with Crippen LogP contribution < -0.4 is 4.74 Å². The summed E-state index contributed by atoms with van der Waals surface area (Å²) < 4.78 is 29.7. The van der Waals surface area contributed by atoms with Gasteiger partial charge in [0, 0.05) is 24.0 Å². The van der Waals surface area contributed by atoms with Crippen molar-refractivity contribution in [3.63, 3.8) is 0 Å². The molecule has 2 aromatic rings. The Kier molecular flexibility index (Phi) is 5.60. The fraction of sp³-hybridized carbons (Fsp3) is 0.263. The van der Waals surface area contributed by atoms with E-state index in [1.165, 1.54) is 23.1 Å². The largest absolute Gasteiger partial charge is 0.481 e. The average Bonchev–Trinajstić information content (AvgIpc) is 3.09. The van der Waals surface area contributed by atoms with Crippen LogP contribution in [0.4, 0.5) is 8.78 Å². The Balaban J connectivity index is 1.90. The maximum Gasteiger partial charge on any atom is 0.387 e. The number of alkyl halides is 2. The number of ether oxygens (including phenoxy) is 1. The summed E-state index contributed by atoms with van der Waals surface area (Å²) in [6.07, 6.45) is 0. The number of benzene rings is 2. The zero-order valence-corrected chi connectivity index (χ0v) is 14.8. The third-order valence-electron chi connectivity index (χ3n) is 4.54. The first-order valence-corrected chi connectivity index (χ1v) is 8.56. The van der Waals surface area contributed by atoms with Crippen molar-refractivity contribution in [1.82, 2.24) is 4.90 Å². The maximum absolute atomic E-state index is 12.9. The topological polar surface area (TPSA) is 66.8 Å². The SMILES string of the molecule is O=C(O)[C@@H]1CN(C(=O)c2cc(Cl)ccc2OC(F)F)C[C@H]1c1ccccc1. The number of rotatable bonds is 5. The minimum absolute atomic E-state index is 0.0334. The third kappa shape index (κ3) is 4.19. The first-order chi connectivity index (χ1) is 12.9. The molecule has 142 valence electrons. The number of hydrogen-bond donors (Lipinski definition) is 1. The lowest BCUT2D eigenvalue weighted by molar-refractivity contribution is -0.141. The van der Waals surface area contributed by atoms with Crippen LogP contribution in [-0.4, -0.2) is 41.6 Å². The van der Waals surface area contributed by atoms with Gasteiger partial charge in [-0.15, -0.1) is 0 Å². The molecule has 2 atom stereocenters. The molecule has 1 N–H and O–H groups in total. The number of carbonyl (C=O) groups is 2. The van der Waals surface area contributed by atoms with Crippen molar-refractivity contribution < 1.29 is 28.2 Å². The second-order valence-corrected chi connectivity index (χ2v) is 6.63. The first-order valence-electron chi connectivity index (χ1n) is 8.18. The Bertz CT molecular complexity index is 847. The van der Waals surface area contributed by atoms with E-state index >= 15 is 0 Å². The van der Waals surface area contributed by atoms with Gasteiger partial charge in [-0.1, -0.05) is 41.9 Å². The van der Waals surface area contributed by atoms with Gasteiger partial charge < -0.3 is 14.7 Å². The summed E-state index contributed by atoms with van der Waals surface area (Å²) in [6.45, 7) is -2.98. The lowest BCUT2D eigenvalue weighted by Crippen LogP contribution is -2.30. The Morgan fingerprint density at radius 1 is 1.15 bits per heavy atom. The van der Waals surface area contributed by atoms with Gasteiger partial charge in [0.25, 0.3) is 5.91 Å². The Morgan fingerprint density at radius 3 is 2.48 bits per heavy atom. The maximum atomic E-state index is 12.9. The van der Waals surface area contributed by atoms with Crippen LogP contribution in [0, 0.1) is 5.92 Å². The van der Waals surface area contributed by atoms with Crippen molar-refractivity contribution >= 4 is 23.5 Å². The minimum Gasteiger partial charge on any atom is -0.481 e. The third-order valence-corrected chi connectivity index (χ3v) is 4.78. The molecule has 1 aliphatic rings. The van der Waals surface area contributed by atoms with Crippen molar-refractivity contribution in [2.45, 2.75) is 12.5 Å². The zero-order chi connectivity index (χ0) is 19.6. The number of halogens is 3. The lowest BCUT2D eigenvalue weighted by atomic mass is 9.89. The molecule has 0 aliphatic carbocycles. The van der Waals surface area contributed by atoms with Crippen LogP contribution in [0.1, 0.15) is 21.8 Å². The van der Waals surface area contributed by atoms with Gasteiger partial charge in [0.1, 0.15) is 5.75 Å². The summed E-state index contributed by atoms with van der Waals surface area (Å²) in [5.74, 6) is -3.11. The fourth-order valence-corrected chi connectivity index (χ4v) is 3.47. The quantitative estimate of drug-likeness (QED) is 0.834. The molecule has 0 spiro atoms. The fourth-order valence-electron chi connectivity index (χ4n) is 3.30. The van der Waals surface area contributed by atoms with Crippen LogP contribution >= 0.6 is 11.6 Å². The number of carbonyl (C=O) groups excluding carboxylic acids is 1. The van der Waals surface area contributed by atoms with Crippen molar-refractivity contribution in [1.29, 1.82) is 0 Å². The molecule has 2 aromatic carbocycles. The molecule has 0 unspecified atom stereocenters. The van der Waals surface area contributed by atoms with Gasteiger partial charge in [0.05, 0.1) is 11.5 Å². The summed E-state index contributed by atoms with van der Waals surface area (Å²) in [4.78, 5) is 25.9. The van der Waals surface area contributed by atoms with Gasteiger partial charge in [0.2, 0.25) is 0 Å². The molecule has 1 heterocycles. The normalized spacial score (nSPS) is 19.3. The molecule has 8 heteroatoms. The molecule has 0 radical (unpaired) electrons. The molecule has 3 rings (SSSR count). The zero-order valence-electron chi connectivity index (χ0n) is 14.0. The highest BCUT2D eigenvalue weighted by molar-refractivity contribution is 6.31. The molecule has 1 amide bonds. The number of amides is 1. The van der Waals surface area contributed by atoms with E-state index in [2.05, 4.69) is 4.74 Å². The molecule has 0 aromatic heterocycles. The second-order valence-electron chi connectivity index (χ2n) is 6.19. The summed E-state index contributed by atoms with van der Waals surface area (Å²) in [5.41, 5.74) is 0.677. The highest BCUT2D eigenvalue weighted by Crippen LogP contribution is 2.35. The summed E-state index contributed by atoms with van der Waals surface area (Å²) in [7, 11) is 0. The van der Waals surface area contributed by atoms with E-state index in [-0.39, 0.29) is 29.4 Å². The first kappa shape index (κ1) is 19.1. The number of hydrogen-bond acceptors (Lipinski definition) is 3. The molecule has 1 saturated heterocycles. The van der Waals surface area contributed by atoms with E-state index in [0.717, 1.165) is 5.56 Å². The van der Waals surface area contributed by atoms with E-state index in [1.807, 2.05) is 6.07 Å². The predicted molar refractivity (Wildman–Crippen MR) is 94.3 cm³/mol. The summed E-state index contributed by atoms with van der Waals surface area (Å²) in [5, 5.41) is 9.74. The van der Waals surface area contributed by atoms with E-state index in [1.54, 1.807) is 24.3 Å². The summed E-state index contributed by atoms with van der Waals surface area (Å²) >= 11 is 5.90. The average molecular weight is 396 g/mol. The minimum atomic E-state index is -3.10. The number of aliphatic carboxylic acids is 1.